The van der Waals surface area contributed by atoms with E-state index in [-0.39, 0.29) is 0 Å². The van der Waals surface area contributed by atoms with Crippen LogP contribution in [0.5, 0.6) is 0 Å². The van der Waals surface area contributed by atoms with Gasteiger partial charge < -0.3 is 4.42 Å². The van der Waals surface area contributed by atoms with Crippen LogP contribution in [0.25, 0.3) is 99.8 Å². The molecule has 292 valence electrons. The van der Waals surface area contributed by atoms with E-state index < -0.39 is 5.41 Å². The van der Waals surface area contributed by atoms with Crippen LogP contribution in [-0.2, 0) is 11.8 Å². The van der Waals surface area contributed by atoms with Gasteiger partial charge in [-0.3, -0.25) is 0 Å². The second kappa shape index (κ2) is 13.0. The molecule has 3 aliphatic carbocycles. The van der Waals surface area contributed by atoms with E-state index in [2.05, 4.69) is 212 Å². The number of fused-ring (bicyclic) bond motifs is 18. The van der Waals surface area contributed by atoms with E-state index in [1.54, 1.807) is 0 Å². The van der Waals surface area contributed by atoms with Crippen LogP contribution in [0.2, 0.25) is 0 Å². The molecule has 1 spiro atoms. The van der Waals surface area contributed by atoms with Crippen molar-refractivity contribution >= 4 is 21.9 Å². The average Bonchev–Trinajstić information content (AvgIpc) is 4.00. The van der Waals surface area contributed by atoms with Crippen molar-refractivity contribution in [2.24, 2.45) is 0 Å². The maximum absolute atomic E-state index is 6.49. The lowest BCUT2D eigenvalue weighted by atomic mass is 9.65. The summed E-state index contributed by atoms with van der Waals surface area (Å²) in [6, 6.07) is 81.7. The SMILES string of the molecule is c1ccc2c(c1)Cc1cccc(-c3cc(-c4ccc5c(c4)C4(c6ccccc6-c6ccccc6-5)c5ccccc5-c5ccccc54)cc(-c4ccc5c(c4)oc4ccccc45)c3)c1-2. The van der Waals surface area contributed by atoms with Gasteiger partial charge in [-0.15, -0.1) is 0 Å². The van der Waals surface area contributed by atoms with Crippen LogP contribution in [0.1, 0.15) is 33.4 Å². The van der Waals surface area contributed by atoms with Gasteiger partial charge in [-0.1, -0.05) is 176 Å². The van der Waals surface area contributed by atoms with Crippen LogP contribution in [-0.4, -0.2) is 0 Å². The highest BCUT2D eigenvalue weighted by Crippen LogP contribution is 2.62. The van der Waals surface area contributed by atoms with Gasteiger partial charge in [0.15, 0.2) is 0 Å². The Bertz CT molecular complexity index is 3680. The number of rotatable bonds is 3. The lowest BCUT2D eigenvalue weighted by Crippen LogP contribution is -2.29. The summed E-state index contributed by atoms with van der Waals surface area (Å²) < 4.78 is 6.49. The third kappa shape index (κ3) is 4.82. The highest BCUT2D eigenvalue weighted by molar-refractivity contribution is 6.06. The molecule has 11 aromatic rings. The van der Waals surface area contributed by atoms with Gasteiger partial charge in [-0.2, -0.15) is 0 Å². The lowest BCUT2D eigenvalue weighted by molar-refractivity contribution is 0.669. The fourth-order valence-corrected chi connectivity index (χ4v) is 11.7. The van der Waals surface area contributed by atoms with Gasteiger partial charge in [-0.25, -0.2) is 0 Å². The molecular formula is C62H38O. The minimum Gasteiger partial charge on any atom is -0.456 e. The molecule has 0 radical (unpaired) electrons. The molecule has 10 aromatic carbocycles. The van der Waals surface area contributed by atoms with Gasteiger partial charge in [0.05, 0.1) is 5.41 Å². The fraction of sp³-hybridized carbons (Fsp3) is 0.0323. The summed E-state index contributed by atoms with van der Waals surface area (Å²) in [4.78, 5) is 0. The van der Waals surface area contributed by atoms with E-state index >= 15 is 0 Å². The molecule has 3 aliphatic rings. The molecule has 14 rings (SSSR count). The zero-order valence-corrected chi connectivity index (χ0v) is 34.4. The van der Waals surface area contributed by atoms with Crippen LogP contribution in [0.15, 0.2) is 223 Å². The van der Waals surface area contributed by atoms with Gasteiger partial charge in [0, 0.05) is 10.8 Å². The molecule has 0 unspecified atom stereocenters. The smallest absolute Gasteiger partial charge is 0.136 e. The summed E-state index contributed by atoms with van der Waals surface area (Å²) in [5, 5.41) is 2.28. The van der Waals surface area contributed by atoms with E-state index in [1.807, 2.05) is 6.07 Å². The number of benzene rings is 10. The Labute approximate surface area is 366 Å². The number of hydrogen-bond donors (Lipinski definition) is 0. The van der Waals surface area contributed by atoms with Crippen molar-refractivity contribution in [1.29, 1.82) is 0 Å². The molecule has 0 aliphatic heterocycles. The first-order chi connectivity index (χ1) is 31.2. The first kappa shape index (κ1) is 34.7. The Kier molecular flexibility index (Phi) is 7.16. The molecule has 0 fully saturated rings. The first-order valence-electron chi connectivity index (χ1n) is 22.0. The monoisotopic (exact) mass is 798 g/mol. The molecular weight excluding hydrogens is 761 g/mol. The first-order valence-corrected chi connectivity index (χ1v) is 22.0. The summed E-state index contributed by atoms with van der Waals surface area (Å²) in [7, 11) is 0. The zero-order valence-electron chi connectivity index (χ0n) is 34.4. The van der Waals surface area contributed by atoms with Crippen molar-refractivity contribution in [3.63, 3.8) is 0 Å². The molecule has 1 nitrogen and oxygen atoms in total. The molecule has 1 heteroatoms. The van der Waals surface area contributed by atoms with Gasteiger partial charge in [0.25, 0.3) is 0 Å². The van der Waals surface area contributed by atoms with Crippen LogP contribution in [0, 0.1) is 0 Å². The van der Waals surface area contributed by atoms with Crippen LogP contribution in [0.3, 0.4) is 0 Å². The van der Waals surface area contributed by atoms with Gasteiger partial charge in [0.1, 0.15) is 11.2 Å². The van der Waals surface area contributed by atoms with E-state index in [4.69, 9.17) is 4.42 Å². The van der Waals surface area contributed by atoms with Crippen molar-refractivity contribution < 1.29 is 4.42 Å². The summed E-state index contributed by atoms with van der Waals surface area (Å²) in [5.41, 5.74) is 26.8. The summed E-state index contributed by atoms with van der Waals surface area (Å²) in [6.07, 6.45) is 0.952. The Morgan fingerprint density at radius 3 is 1.49 bits per heavy atom. The van der Waals surface area contributed by atoms with Gasteiger partial charge in [-0.05, 0) is 160 Å². The molecule has 0 saturated heterocycles. The maximum Gasteiger partial charge on any atom is 0.136 e. The highest BCUT2D eigenvalue weighted by Gasteiger charge is 2.49. The van der Waals surface area contributed by atoms with Crippen LogP contribution in [0.4, 0.5) is 0 Å². The number of furan rings is 1. The minimum atomic E-state index is -0.551. The largest absolute Gasteiger partial charge is 0.456 e. The van der Waals surface area contributed by atoms with Crippen LogP contribution < -0.4 is 0 Å². The molecule has 0 atom stereocenters. The van der Waals surface area contributed by atoms with Crippen LogP contribution >= 0.6 is 0 Å². The van der Waals surface area contributed by atoms with Crippen molar-refractivity contribution in [2.45, 2.75) is 11.8 Å². The normalized spacial score (nSPS) is 13.5. The number of hydrogen-bond acceptors (Lipinski definition) is 1. The average molecular weight is 799 g/mol. The van der Waals surface area contributed by atoms with Gasteiger partial charge in [0.2, 0.25) is 0 Å². The molecule has 0 N–H and O–H groups in total. The van der Waals surface area contributed by atoms with E-state index in [9.17, 15) is 0 Å². The quantitative estimate of drug-likeness (QED) is 0.174. The van der Waals surface area contributed by atoms with Crippen molar-refractivity contribution in [1.82, 2.24) is 0 Å². The summed E-state index contributed by atoms with van der Waals surface area (Å²) in [5.74, 6) is 0. The molecule has 0 saturated carbocycles. The molecule has 1 heterocycles. The highest BCUT2D eigenvalue weighted by atomic mass is 16.3. The van der Waals surface area contributed by atoms with Gasteiger partial charge >= 0.3 is 0 Å². The second-order valence-corrected chi connectivity index (χ2v) is 17.5. The molecule has 63 heavy (non-hydrogen) atoms. The minimum absolute atomic E-state index is 0.551. The second-order valence-electron chi connectivity index (χ2n) is 17.5. The van der Waals surface area contributed by atoms with E-state index in [0.29, 0.717) is 0 Å². The Balaban J connectivity index is 1.06. The summed E-state index contributed by atoms with van der Waals surface area (Å²) >= 11 is 0. The Morgan fingerprint density at radius 2 is 0.778 bits per heavy atom. The topological polar surface area (TPSA) is 13.1 Å². The van der Waals surface area contributed by atoms with Crippen molar-refractivity contribution in [3.05, 3.63) is 252 Å². The molecule has 1 aromatic heterocycles. The van der Waals surface area contributed by atoms with E-state index in [1.165, 1.54) is 100 Å². The Hall–Kier alpha value is -8.00. The predicted octanol–water partition coefficient (Wildman–Crippen LogP) is 16.2. The standard InChI is InChI=1S/C62H38O/c1-2-16-45-40(14-1)32-41-15-13-23-46(61(41)45)44-34-42(33-43(35-44)39-29-31-54-53-22-8-12-27-59(53)63-60(54)37-39)38-28-30-52-48-18-4-3-17-47(48)49-19-5-9-24-55(49)62(58(52)36-38)56-25-10-6-20-50(56)51-21-7-11-26-57(51)62/h1-31,33-37H,32H2. The number of para-hydroxylation sites is 1. The Morgan fingerprint density at radius 1 is 0.286 bits per heavy atom. The fourth-order valence-electron chi connectivity index (χ4n) is 11.7. The lowest BCUT2D eigenvalue weighted by Gasteiger charge is -2.35. The molecule has 0 amide bonds. The third-order valence-corrected chi connectivity index (χ3v) is 14.3. The molecule has 0 bridgehead atoms. The summed E-state index contributed by atoms with van der Waals surface area (Å²) in [6.45, 7) is 0. The maximum atomic E-state index is 6.49. The van der Waals surface area contributed by atoms with Crippen molar-refractivity contribution in [2.75, 3.05) is 0 Å². The third-order valence-electron chi connectivity index (χ3n) is 14.3. The van der Waals surface area contributed by atoms with Crippen molar-refractivity contribution in [3.8, 4) is 77.9 Å². The predicted molar refractivity (Wildman–Crippen MR) is 260 cm³/mol. The zero-order chi connectivity index (χ0) is 41.2. The van der Waals surface area contributed by atoms with E-state index in [0.717, 1.165) is 39.5 Å².